The molecule has 0 unspecified atom stereocenters. The molecule has 0 radical (unpaired) electrons. The van der Waals surface area contributed by atoms with Gasteiger partial charge >= 0.3 is 0 Å². The first-order valence-electron chi connectivity index (χ1n) is 9.37. The van der Waals surface area contributed by atoms with Gasteiger partial charge in [0.25, 0.3) is 5.76 Å². The molecule has 10 heteroatoms. The average molecular weight is 456 g/mol. The Labute approximate surface area is 179 Å². The van der Waals surface area contributed by atoms with Crippen molar-refractivity contribution in [1.29, 1.82) is 0 Å². The van der Waals surface area contributed by atoms with Crippen molar-refractivity contribution in [2.75, 3.05) is 42.1 Å². The molecule has 2 aromatic carbocycles. The average Bonchev–Trinajstić information content (AvgIpc) is 2.69. The van der Waals surface area contributed by atoms with E-state index in [1.54, 1.807) is 0 Å². The quantitative estimate of drug-likeness (QED) is 0.648. The second-order valence-corrected chi connectivity index (χ2v) is 9.96. The van der Waals surface area contributed by atoms with Crippen LogP contribution in [0.5, 0.6) is 0 Å². The number of rotatable bonds is 7. The van der Waals surface area contributed by atoms with Crippen LogP contribution in [0.3, 0.4) is 0 Å². The number of hydrogen-bond acceptors (Lipinski definition) is 5. The van der Waals surface area contributed by atoms with E-state index in [4.69, 9.17) is 0 Å². The van der Waals surface area contributed by atoms with Gasteiger partial charge in [-0.3, -0.25) is 4.79 Å². The normalized spacial score (nSPS) is 15.4. The molecule has 0 aliphatic carbocycles. The Balaban J connectivity index is 1.53. The standard InChI is InChI=1S/C20H23F2N3O3S2/c1-15-3-2-4-17(13-15)24-9-11-25(12-10-24)30(27,28)14-19(26)23-16-5-7-18(8-6-16)29-20(21)22/h2-8,13,20H,9-12,14H2,1H3,(H,23,26). The third-order valence-electron chi connectivity index (χ3n) is 4.68. The Morgan fingerprint density at radius 3 is 2.37 bits per heavy atom. The van der Waals surface area contributed by atoms with Crippen molar-refractivity contribution < 1.29 is 22.0 Å². The van der Waals surface area contributed by atoms with Gasteiger partial charge in [-0.15, -0.1) is 0 Å². The number of nitrogens with zero attached hydrogens (tertiary/aromatic N) is 2. The zero-order valence-corrected chi connectivity index (χ0v) is 18.1. The fourth-order valence-electron chi connectivity index (χ4n) is 3.22. The number of carbonyl (C=O) groups excluding carboxylic acids is 1. The number of benzene rings is 2. The summed E-state index contributed by atoms with van der Waals surface area (Å²) in [5.41, 5.74) is 2.55. The summed E-state index contributed by atoms with van der Waals surface area (Å²) >= 11 is 0.401. The molecule has 1 saturated heterocycles. The molecule has 1 fully saturated rings. The number of alkyl halides is 2. The van der Waals surface area contributed by atoms with Crippen molar-refractivity contribution in [3.8, 4) is 0 Å². The lowest BCUT2D eigenvalue weighted by atomic mass is 10.2. The molecular formula is C20H23F2N3O3S2. The van der Waals surface area contributed by atoms with E-state index in [9.17, 15) is 22.0 Å². The van der Waals surface area contributed by atoms with E-state index < -0.39 is 27.4 Å². The van der Waals surface area contributed by atoms with Crippen LogP contribution in [-0.4, -0.2) is 56.3 Å². The lowest BCUT2D eigenvalue weighted by Gasteiger charge is -2.35. The number of sulfonamides is 1. The maximum atomic E-state index is 12.6. The molecule has 0 spiro atoms. The molecule has 6 nitrogen and oxygen atoms in total. The number of amides is 1. The zero-order valence-electron chi connectivity index (χ0n) is 16.4. The maximum absolute atomic E-state index is 12.6. The molecule has 30 heavy (non-hydrogen) atoms. The fourth-order valence-corrected chi connectivity index (χ4v) is 5.03. The minimum Gasteiger partial charge on any atom is -0.369 e. The van der Waals surface area contributed by atoms with Crippen LogP contribution < -0.4 is 10.2 Å². The largest absolute Gasteiger partial charge is 0.369 e. The lowest BCUT2D eigenvalue weighted by molar-refractivity contribution is -0.113. The summed E-state index contributed by atoms with van der Waals surface area (Å²) < 4.78 is 51.3. The van der Waals surface area contributed by atoms with E-state index in [0.29, 0.717) is 48.5 Å². The molecule has 0 saturated carbocycles. The topological polar surface area (TPSA) is 69.7 Å². The zero-order chi connectivity index (χ0) is 21.7. The highest BCUT2D eigenvalue weighted by atomic mass is 32.2. The van der Waals surface area contributed by atoms with Gasteiger partial charge in [0, 0.05) is 42.4 Å². The maximum Gasteiger partial charge on any atom is 0.288 e. The van der Waals surface area contributed by atoms with Crippen LogP contribution in [0.4, 0.5) is 20.2 Å². The molecule has 162 valence electrons. The molecule has 1 heterocycles. The summed E-state index contributed by atoms with van der Waals surface area (Å²) in [6.07, 6.45) is 0. The first-order chi connectivity index (χ1) is 14.2. The van der Waals surface area contributed by atoms with Crippen molar-refractivity contribution in [1.82, 2.24) is 4.31 Å². The number of hydrogen-bond donors (Lipinski definition) is 1. The summed E-state index contributed by atoms with van der Waals surface area (Å²) in [6, 6.07) is 13.9. The molecule has 1 N–H and O–H groups in total. The van der Waals surface area contributed by atoms with Crippen LogP contribution in [0.2, 0.25) is 0 Å². The molecule has 1 aliphatic heterocycles. The fraction of sp³-hybridized carbons (Fsp3) is 0.350. The van der Waals surface area contributed by atoms with Gasteiger partial charge in [-0.2, -0.15) is 13.1 Å². The number of anilines is 2. The van der Waals surface area contributed by atoms with E-state index in [2.05, 4.69) is 16.3 Å². The monoisotopic (exact) mass is 455 g/mol. The van der Waals surface area contributed by atoms with Crippen LogP contribution in [0.15, 0.2) is 53.4 Å². The molecule has 1 amide bonds. The van der Waals surface area contributed by atoms with Crippen molar-refractivity contribution >= 4 is 39.1 Å². The van der Waals surface area contributed by atoms with Gasteiger partial charge < -0.3 is 10.2 Å². The Kier molecular flexibility index (Phi) is 7.32. The van der Waals surface area contributed by atoms with E-state index in [0.717, 1.165) is 11.3 Å². The van der Waals surface area contributed by atoms with Crippen LogP contribution in [0.25, 0.3) is 0 Å². The number of nitrogens with one attached hydrogen (secondary N) is 1. The first kappa shape index (κ1) is 22.5. The predicted molar refractivity (Wildman–Crippen MR) is 116 cm³/mol. The minimum atomic E-state index is -3.75. The second kappa shape index (κ2) is 9.76. The summed E-state index contributed by atoms with van der Waals surface area (Å²) in [5, 5.41) is 2.51. The smallest absolute Gasteiger partial charge is 0.288 e. The van der Waals surface area contributed by atoms with Gasteiger partial charge in [0.2, 0.25) is 15.9 Å². The van der Waals surface area contributed by atoms with E-state index >= 15 is 0 Å². The highest BCUT2D eigenvalue weighted by molar-refractivity contribution is 7.99. The third-order valence-corrected chi connectivity index (χ3v) is 7.18. The Bertz CT molecular complexity index is 977. The van der Waals surface area contributed by atoms with Gasteiger partial charge in [0.15, 0.2) is 0 Å². The Morgan fingerprint density at radius 2 is 1.77 bits per heavy atom. The van der Waals surface area contributed by atoms with Crippen molar-refractivity contribution in [2.45, 2.75) is 17.6 Å². The predicted octanol–water partition coefficient (Wildman–Crippen LogP) is 3.40. The highest BCUT2D eigenvalue weighted by Crippen LogP contribution is 2.26. The third kappa shape index (κ3) is 6.16. The minimum absolute atomic E-state index is 0.309. The summed E-state index contributed by atoms with van der Waals surface area (Å²) in [7, 11) is -3.75. The van der Waals surface area contributed by atoms with Crippen molar-refractivity contribution in [2.24, 2.45) is 0 Å². The van der Waals surface area contributed by atoms with Gasteiger partial charge in [-0.05, 0) is 48.9 Å². The second-order valence-electron chi connectivity index (χ2n) is 6.93. The van der Waals surface area contributed by atoms with E-state index in [1.807, 2.05) is 25.1 Å². The molecule has 1 aliphatic rings. The molecule has 0 atom stereocenters. The SMILES string of the molecule is Cc1cccc(N2CCN(S(=O)(=O)CC(=O)Nc3ccc(SC(F)F)cc3)CC2)c1. The van der Waals surface area contributed by atoms with Crippen molar-refractivity contribution in [3.05, 3.63) is 54.1 Å². The number of halogens is 2. The van der Waals surface area contributed by atoms with E-state index in [1.165, 1.54) is 28.6 Å². The van der Waals surface area contributed by atoms with Gasteiger partial charge in [-0.1, -0.05) is 23.9 Å². The molecule has 0 aromatic heterocycles. The van der Waals surface area contributed by atoms with Crippen LogP contribution in [0, 0.1) is 6.92 Å². The Hall–Kier alpha value is -2.17. The van der Waals surface area contributed by atoms with Crippen LogP contribution >= 0.6 is 11.8 Å². The lowest BCUT2D eigenvalue weighted by Crippen LogP contribution is -2.50. The number of thioether (sulfide) groups is 1. The van der Waals surface area contributed by atoms with Crippen molar-refractivity contribution in [3.63, 3.8) is 0 Å². The number of piperazine rings is 1. The van der Waals surface area contributed by atoms with Crippen LogP contribution in [-0.2, 0) is 14.8 Å². The highest BCUT2D eigenvalue weighted by Gasteiger charge is 2.29. The van der Waals surface area contributed by atoms with Gasteiger partial charge in [-0.25, -0.2) is 8.42 Å². The molecule has 0 bridgehead atoms. The summed E-state index contributed by atoms with van der Waals surface area (Å²) in [5.74, 6) is -3.85. The first-order valence-corrected chi connectivity index (χ1v) is 11.9. The van der Waals surface area contributed by atoms with E-state index in [-0.39, 0.29) is 0 Å². The number of aryl methyl sites for hydroxylation is 1. The van der Waals surface area contributed by atoms with Gasteiger partial charge in [0.1, 0.15) is 5.75 Å². The summed E-state index contributed by atoms with van der Waals surface area (Å²) in [6.45, 7) is 3.72. The van der Waals surface area contributed by atoms with Crippen LogP contribution in [0.1, 0.15) is 5.56 Å². The molecular weight excluding hydrogens is 432 g/mol. The van der Waals surface area contributed by atoms with Gasteiger partial charge in [0.05, 0.1) is 0 Å². The molecule has 3 rings (SSSR count). The summed E-state index contributed by atoms with van der Waals surface area (Å²) in [4.78, 5) is 14.7. The molecule has 2 aromatic rings. The number of carbonyl (C=O) groups is 1. The Morgan fingerprint density at radius 1 is 1.10 bits per heavy atom.